The number of hydrogen-bond donors (Lipinski definition) is 2. The average molecular weight is 297 g/mol. The number of amides is 1. The molecule has 0 atom stereocenters. The molecule has 1 heterocycles. The van der Waals surface area contributed by atoms with Crippen LogP contribution in [0.3, 0.4) is 0 Å². The number of nitrogens with one attached hydrogen (secondary N) is 1. The molecule has 0 bridgehead atoms. The van der Waals surface area contributed by atoms with Crippen LogP contribution in [0.1, 0.15) is 15.2 Å². The first-order valence-electron chi connectivity index (χ1n) is 5.76. The van der Waals surface area contributed by atoms with Crippen LogP contribution in [0.25, 0.3) is 0 Å². The SMILES string of the molecule is CN(Cc1cccs1)C(=O)c1cc(F)c(NN)c(F)c1. The van der Waals surface area contributed by atoms with Gasteiger partial charge in [0.15, 0.2) is 11.6 Å². The van der Waals surface area contributed by atoms with Crippen molar-refractivity contribution in [2.24, 2.45) is 5.84 Å². The molecule has 0 saturated carbocycles. The van der Waals surface area contributed by atoms with Gasteiger partial charge in [-0.25, -0.2) is 8.78 Å². The van der Waals surface area contributed by atoms with Gasteiger partial charge in [0, 0.05) is 17.5 Å². The molecule has 0 spiro atoms. The van der Waals surface area contributed by atoms with E-state index in [9.17, 15) is 13.6 Å². The van der Waals surface area contributed by atoms with Crippen molar-refractivity contribution in [2.75, 3.05) is 12.5 Å². The van der Waals surface area contributed by atoms with Gasteiger partial charge in [-0.2, -0.15) is 0 Å². The summed E-state index contributed by atoms with van der Waals surface area (Å²) < 4.78 is 27.1. The molecular formula is C13H13F2N3OS. The van der Waals surface area contributed by atoms with Crippen LogP contribution in [0.2, 0.25) is 0 Å². The Morgan fingerprint density at radius 3 is 2.55 bits per heavy atom. The Labute approximate surface area is 118 Å². The van der Waals surface area contributed by atoms with Crippen molar-refractivity contribution in [3.8, 4) is 0 Å². The highest BCUT2D eigenvalue weighted by molar-refractivity contribution is 7.09. The van der Waals surface area contributed by atoms with Crippen molar-refractivity contribution >= 4 is 22.9 Å². The van der Waals surface area contributed by atoms with Crippen molar-refractivity contribution in [3.63, 3.8) is 0 Å². The Morgan fingerprint density at radius 2 is 2.05 bits per heavy atom. The normalized spacial score (nSPS) is 10.4. The van der Waals surface area contributed by atoms with E-state index in [0.29, 0.717) is 6.54 Å². The lowest BCUT2D eigenvalue weighted by atomic mass is 10.1. The maximum absolute atomic E-state index is 13.6. The lowest BCUT2D eigenvalue weighted by Crippen LogP contribution is -2.26. The van der Waals surface area contributed by atoms with E-state index in [0.717, 1.165) is 17.0 Å². The number of benzene rings is 1. The summed E-state index contributed by atoms with van der Waals surface area (Å²) in [6, 6.07) is 5.69. The Hall–Kier alpha value is -1.99. The van der Waals surface area contributed by atoms with E-state index in [1.165, 1.54) is 16.2 Å². The first kappa shape index (κ1) is 14.4. The molecule has 4 nitrogen and oxygen atoms in total. The summed E-state index contributed by atoms with van der Waals surface area (Å²) in [5.41, 5.74) is 1.41. The second kappa shape index (κ2) is 5.98. The Balaban J connectivity index is 2.20. The first-order chi connectivity index (χ1) is 9.52. The van der Waals surface area contributed by atoms with Gasteiger partial charge in [-0.05, 0) is 23.6 Å². The highest BCUT2D eigenvalue weighted by Crippen LogP contribution is 2.21. The summed E-state index contributed by atoms with van der Waals surface area (Å²) in [6.07, 6.45) is 0. The summed E-state index contributed by atoms with van der Waals surface area (Å²) in [5, 5.41) is 1.90. The molecule has 1 amide bonds. The number of nitrogen functional groups attached to an aromatic ring is 1. The minimum atomic E-state index is -0.902. The standard InChI is InChI=1S/C13H13F2N3OS/c1-18(7-9-3-2-4-20-9)13(19)8-5-10(14)12(17-16)11(15)6-8/h2-6,17H,7,16H2,1H3. The maximum atomic E-state index is 13.6. The average Bonchev–Trinajstić information content (AvgIpc) is 2.90. The molecule has 2 aromatic rings. The topological polar surface area (TPSA) is 58.4 Å². The fraction of sp³-hybridized carbons (Fsp3) is 0.154. The van der Waals surface area contributed by atoms with Crippen molar-refractivity contribution in [1.29, 1.82) is 0 Å². The van der Waals surface area contributed by atoms with Crippen LogP contribution < -0.4 is 11.3 Å². The van der Waals surface area contributed by atoms with E-state index in [1.54, 1.807) is 7.05 Å². The van der Waals surface area contributed by atoms with Gasteiger partial charge in [0.25, 0.3) is 5.91 Å². The van der Waals surface area contributed by atoms with Crippen molar-refractivity contribution in [3.05, 3.63) is 51.7 Å². The van der Waals surface area contributed by atoms with Gasteiger partial charge in [0.1, 0.15) is 5.69 Å². The molecule has 0 aliphatic heterocycles. The number of carbonyl (C=O) groups is 1. The van der Waals surface area contributed by atoms with E-state index >= 15 is 0 Å². The number of hydrazine groups is 1. The molecule has 0 aliphatic rings. The molecule has 20 heavy (non-hydrogen) atoms. The Morgan fingerprint density at radius 1 is 1.40 bits per heavy atom. The number of nitrogens with two attached hydrogens (primary N) is 1. The number of rotatable bonds is 4. The Kier molecular flexibility index (Phi) is 4.31. The molecule has 0 saturated heterocycles. The molecule has 2 rings (SSSR count). The molecule has 7 heteroatoms. The van der Waals surface area contributed by atoms with Crippen LogP contribution in [0.4, 0.5) is 14.5 Å². The fourth-order valence-electron chi connectivity index (χ4n) is 1.76. The van der Waals surface area contributed by atoms with Crippen LogP contribution in [-0.2, 0) is 6.54 Å². The summed E-state index contributed by atoms with van der Waals surface area (Å²) in [4.78, 5) is 14.5. The van der Waals surface area contributed by atoms with Crippen LogP contribution in [0.15, 0.2) is 29.6 Å². The quantitative estimate of drug-likeness (QED) is 0.673. The number of thiophene rings is 1. The van der Waals surface area contributed by atoms with Gasteiger partial charge in [-0.1, -0.05) is 6.07 Å². The van der Waals surface area contributed by atoms with Gasteiger partial charge in [-0.3, -0.25) is 10.6 Å². The van der Waals surface area contributed by atoms with E-state index in [2.05, 4.69) is 0 Å². The molecule has 0 unspecified atom stereocenters. The van der Waals surface area contributed by atoms with Crippen LogP contribution in [0.5, 0.6) is 0 Å². The minimum Gasteiger partial charge on any atom is -0.337 e. The first-order valence-corrected chi connectivity index (χ1v) is 6.64. The number of anilines is 1. The highest BCUT2D eigenvalue weighted by atomic mass is 32.1. The number of carbonyl (C=O) groups excluding carboxylic acids is 1. The monoisotopic (exact) mass is 297 g/mol. The van der Waals surface area contributed by atoms with Crippen molar-refractivity contribution in [2.45, 2.75) is 6.54 Å². The van der Waals surface area contributed by atoms with E-state index in [4.69, 9.17) is 5.84 Å². The van der Waals surface area contributed by atoms with Crippen molar-refractivity contribution < 1.29 is 13.6 Å². The van der Waals surface area contributed by atoms with Crippen LogP contribution in [-0.4, -0.2) is 17.9 Å². The van der Waals surface area contributed by atoms with Gasteiger partial charge < -0.3 is 10.3 Å². The predicted octanol–water partition coefficient (Wildman–Crippen LogP) is 2.58. The summed E-state index contributed by atoms with van der Waals surface area (Å²) in [6.45, 7) is 0.386. The summed E-state index contributed by atoms with van der Waals surface area (Å²) >= 11 is 1.51. The smallest absolute Gasteiger partial charge is 0.254 e. The zero-order valence-corrected chi connectivity index (χ0v) is 11.5. The molecule has 0 radical (unpaired) electrons. The highest BCUT2D eigenvalue weighted by Gasteiger charge is 2.17. The largest absolute Gasteiger partial charge is 0.337 e. The minimum absolute atomic E-state index is 0.0574. The third kappa shape index (κ3) is 2.94. The van der Waals surface area contributed by atoms with E-state index in [1.807, 2.05) is 22.9 Å². The molecule has 3 N–H and O–H groups in total. The molecule has 106 valence electrons. The summed E-state index contributed by atoms with van der Waals surface area (Å²) in [7, 11) is 1.58. The molecular weight excluding hydrogens is 284 g/mol. The third-order valence-corrected chi connectivity index (χ3v) is 3.61. The van der Waals surface area contributed by atoms with Gasteiger partial charge in [0.05, 0.1) is 6.54 Å². The van der Waals surface area contributed by atoms with E-state index in [-0.39, 0.29) is 5.56 Å². The predicted molar refractivity (Wildman–Crippen MR) is 74.3 cm³/mol. The van der Waals surface area contributed by atoms with Crippen molar-refractivity contribution in [1.82, 2.24) is 4.90 Å². The van der Waals surface area contributed by atoms with Gasteiger partial charge >= 0.3 is 0 Å². The fourth-order valence-corrected chi connectivity index (χ4v) is 2.52. The molecule has 1 aromatic carbocycles. The Bertz CT molecular complexity index is 593. The number of hydrogen-bond acceptors (Lipinski definition) is 4. The zero-order chi connectivity index (χ0) is 14.7. The number of nitrogens with zero attached hydrogens (tertiary/aromatic N) is 1. The number of halogens is 2. The lowest BCUT2D eigenvalue weighted by Gasteiger charge is -2.17. The van der Waals surface area contributed by atoms with Crippen LogP contribution >= 0.6 is 11.3 Å². The van der Waals surface area contributed by atoms with Crippen LogP contribution in [0, 0.1) is 11.6 Å². The zero-order valence-electron chi connectivity index (χ0n) is 10.7. The third-order valence-electron chi connectivity index (χ3n) is 2.75. The second-order valence-corrected chi connectivity index (χ2v) is 5.23. The molecule has 1 aromatic heterocycles. The van der Waals surface area contributed by atoms with Gasteiger partial charge in [-0.15, -0.1) is 11.3 Å². The molecule has 0 fully saturated rings. The van der Waals surface area contributed by atoms with Gasteiger partial charge in [0.2, 0.25) is 0 Å². The summed E-state index contributed by atoms with van der Waals surface area (Å²) in [5.74, 6) is 2.74. The lowest BCUT2D eigenvalue weighted by molar-refractivity contribution is 0.0785. The molecule has 0 aliphatic carbocycles. The van der Waals surface area contributed by atoms with E-state index < -0.39 is 23.2 Å². The maximum Gasteiger partial charge on any atom is 0.254 e. The second-order valence-electron chi connectivity index (χ2n) is 4.20.